The molecule has 0 spiro atoms. The van der Waals surface area contributed by atoms with Gasteiger partial charge in [0.15, 0.2) is 0 Å². The van der Waals surface area contributed by atoms with Gasteiger partial charge >= 0.3 is 0 Å². The van der Waals surface area contributed by atoms with Crippen molar-refractivity contribution < 1.29 is 24.4 Å². The van der Waals surface area contributed by atoms with E-state index in [1.165, 1.54) is 0 Å². The van der Waals surface area contributed by atoms with Crippen molar-refractivity contribution in [1.29, 1.82) is 0 Å². The average Bonchev–Trinajstić information content (AvgIpc) is 3.05. The van der Waals surface area contributed by atoms with Crippen LogP contribution in [0.1, 0.15) is 18.9 Å². The molecule has 0 bridgehead atoms. The van der Waals surface area contributed by atoms with Crippen LogP contribution < -0.4 is 14.2 Å². The molecule has 144 valence electrons. The first-order valence-electron chi connectivity index (χ1n) is 8.69. The van der Waals surface area contributed by atoms with Gasteiger partial charge in [-0.1, -0.05) is 12.1 Å². The average molecular weight is 372 g/mol. The number of benzene rings is 2. The number of aromatic nitrogens is 2. The van der Waals surface area contributed by atoms with Crippen molar-refractivity contribution in [2.24, 2.45) is 0 Å². The molecule has 0 saturated carbocycles. The van der Waals surface area contributed by atoms with Crippen molar-refractivity contribution in [2.45, 2.75) is 25.7 Å². The van der Waals surface area contributed by atoms with Crippen molar-refractivity contribution in [2.75, 3.05) is 20.8 Å². The van der Waals surface area contributed by atoms with E-state index in [0.29, 0.717) is 23.1 Å². The van der Waals surface area contributed by atoms with Gasteiger partial charge < -0.3 is 29.0 Å². The lowest BCUT2D eigenvalue weighted by atomic mass is 10.3. The minimum absolute atomic E-state index is 0.0715. The number of imidazole rings is 1. The van der Waals surface area contributed by atoms with Crippen molar-refractivity contribution >= 4 is 11.0 Å². The number of nitrogens with zero attached hydrogens (tertiary/aromatic N) is 2. The van der Waals surface area contributed by atoms with Gasteiger partial charge in [0.2, 0.25) is 0 Å². The Labute approximate surface area is 157 Å². The molecule has 0 radical (unpaired) electrons. The molecule has 7 heteroatoms. The van der Waals surface area contributed by atoms with E-state index >= 15 is 0 Å². The summed E-state index contributed by atoms with van der Waals surface area (Å²) >= 11 is 0. The molecule has 3 rings (SSSR count). The number of hydrogen-bond acceptors (Lipinski definition) is 6. The Morgan fingerprint density at radius 3 is 2.26 bits per heavy atom. The standard InChI is InChI=1S/C20H24N2O5/c1-13(23)20-21-18-6-4-5-7-19(18)22(20)11-14(24)12-27-17-9-15(25-2)8-16(10-17)26-3/h4-10,13-14,23-24H,11-12H2,1-3H3/t13-,14-/m1/s1. The molecule has 0 unspecified atom stereocenters. The molecule has 0 saturated heterocycles. The van der Waals surface area contributed by atoms with E-state index in [-0.39, 0.29) is 13.2 Å². The SMILES string of the molecule is COc1cc(OC)cc(OC[C@H](O)Cn2c([C@@H](C)O)nc3ccccc32)c1. The van der Waals surface area contributed by atoms with Gasteiger partial charge in [0.1, 0.15) is 41.9 Å². The van der Waals surface area contributed by atoms with Crippen molar-refractivity contribution in [3.05, 3.63) is 48.3 Å². The molecule has 0 aliphatic carbocycles. The third-order valence-corrected chi connectivity index (χ3v) is 4.22. The third kappa shape index (κ3) is 4.32. The molecule has 0 aliphatic rings. The first-order chi connectivity index (χ1) is 13.0. The minimum atomic E-state index is -0.794. The van der Waals surface area contributed by atoms with Crippen LogP contribution in [-0.2, 0) is 6.54 Å². The summed E-state index contributed by atoms with van der Waals surface area (Å²) in [4.78, 5) is 4.46. The molecule has 3 aromatic rings. The number of fused-ring (bicyclic) bond motifs is 1. The van der Waals surface area contributed by atoms with E-state index in [1.54, 1.807) is 39.3 Å². The zero-order valence-electron chi connectivity index (χ0n) is 15.6. The highest BCUT2D eigenvalue weighted by Crippen LogP contribution is 2.27. The van der Waals surface area contributed by atoms with Crippen molar-refractivity contribution in [3.8, 4) is 17.2 Å². The van der Waals surface area contributed by atoms with E-state index in [0.717, 1.165) is 11.0 Å². The highest BCUT2D eigenvalue weighted by molar-refractivity contribution is 5.76. The second-order valence-electron chi connectivity index (χ2n) is 6.26. The summed E-state index contributed by atoms with van der Waals surface area (Å²) in [7, 11) is 3.13. The second-order valence-corrected chi connectivity index (χ2v) is 6.26. The first-order valence-corrected chi connectivity index (χ1v) is 8.69. The van der Waals surface area contributed by atoms with Gasteiger partial charge in [0.05, 0.1) is 31.8 Å². The van der Waals surface area contributed by atoms with Gasteiger partial charge in [-0.3, -0.25) is 0 Å². The number of hydrogen-bond donors (Lipinski definition) is 2. The molecule has 7 nitrogen and oxygen atoms in total. The predicted molar refractivity (Wildman–Crippen MR) is 101 cm³/mol. The van der Waals surface area contributed by atoms with Crippen LogP contribution in [0.25, 0.3) is 11.0 Å². The smallest absolute Gasteiger partial charge is 0.138 e. The van der Waals surface area contributed by atoms with Crippen LogP contribution in [0.4, 0.5) is 0 Å². The summed E-state index contributed by atoms with van der Waals surface area (Å²) in [5.74, 6) is 2.27. The highest BCUT2D eigenvalue weighted by atomic mass is 16.5. The highest BCUT2D eigenvalue weighted by Gasteiger charge is 2.17. The number of para-hydroxylation sites is 2. The van der Waals surface area contributed by atoms with Gasteiger partial charge in [-0.05, 0) is 19.1 Å². The normalized spacial score (nSPS) is 13.4. The minimum Gasteiger partial charge on any atom is -0.496 e. The van der Waals surface area contributed by atoms with Gasteiger partial charge in [0, 0.05) is 18.2 Å². The lowest BCUT2D eigenvalue weighted by molar-refractivity contribution is 0.0892. The van der Waals surface area contributed by atoms with Crippen molar-refractivity contribution in [3.63, 3.8) is 0 Å². The van der Waals surface area contributed by atoms with E-state index in [4.69, 9.17) is 14.2 Å². The van der Waals surface area contributed by atoms with E-state index in [9.17, 15) is 10.2 Å². The maximum absolute atomic E-state index is 10.5. The fourth-order valence-corrected chi connectivity index (χ4v) is 2.93. The molecule has 2 N–H and O–H groups in total. The Morgan fingerprint density at radius 2 is 1.63 bits per heavy atom. The zero-order valence-corrected chi connectivity index (χ0v) is 15.6. The number of rotatable bonds is 8. The van der Waals surface area contributed by atoms with Gasteiger partial charge in [-0.15, -0.1) is 0 Å². The van der Waals surface area contributed by atoms with E-state index in [2.05, 4.69) is 4.98 Å². The molecule has 2 aromatic carbocycles. The maximum Gasteiger partial charge on any atom is 0.138 e. The molecular formula is C20H24N2O5. The zero-order chi connectivity index (χ0) is 19.4. The van der Waals surface area contributed by atoms with Gasteiger partial charge in [0.25, 0.3) is 0 Å². The van der Waals surface area contributed by atoms with Crippen LogP contribution in [0, 0.1) is 0 Å². The van der Waals surface area contributed by atoms with Gasteiger partial charge in [-0.25, -0.2) is 4.98 Å². The maximum atomic E-state index is 10.5. The quantitative estimate of drug-likeness (QED) is 0.632. The molecular weight excluding hydrogens is 348 g/mol. The summed E-state index contributed by atoms with van der Waals surface area (Å²) in [6, 6.07) is 12.8. The summed E-state index contributed by atoms with van der Waals surface area (Å²) in [5.41, 5.74) is 1.63. The fraction of sp³-hybridized carbons (Fsp3) is 0.350. The van der Waals surface area contributed by atoms with Crippen LogP contribution in [-0.4, -0.2) is 46.7 Å². The lowest BCUT2D eigenvalue weighted by Gasteiger charge is -2.17. The number of aliphatic hydroxyl groups is 2. The van der Waals surface area contributed by atoms with Crippen LogP contribution >= 0.6 is 0 Å². The number of ether oxygens (including phenoxy) is 3. The largest absolute Gasteiger partial charge is 0.496 e. The summed E-state index contributed by atoms with van der Waals surface area (Å²) in [6.07, 6.45) is -1.54. The summed E-state index contributed by atoms with van der Waals surface area (Å²) in [6.45, 7) is 1.98. The Kier molecular flexibility index (Phi) is 5.83. The van der Waals surface area contributed by atoms with Crippen LogP contribution in [0.3, 0.4) is 0 Å². The molecule has 1 heterocycles. The molecule has 1 aromatic heterocycles. The number of methoxy groups -OCH3 is 2. The molecule has 0 amide bonds. The van der Waals surface area contributed by atoms with Crippen LogP contribution in [0.2, 0.25) is 0 Å². The topological polar surface area (TPSA) is 86.0 Å². The Hall–Kier alpha value is -2.77. The van der Waals surface area contributed by atoms with Gasteiger partial charge in [-0.2, -0.15) is 0 Å². The summed E-state index contributed by atoms with van der Waals surface area (Å²) < 4.78 is 18.0. The van der Waals surface area contributed by atoms with Crippen molar-refractivity contribution in [1.82, 2.24) is 9.55 Å². The number of aliphatic hydroxyl groups excluding tert-OH is 2. The lowest BCUT2D eigenvalue weighted by Crippen LogP contribution is -2.25. The van der Waals surface area contributed by atoms with Crippen LogP contribution in [0.15, 0.2) is 42.5 Å². The molecule has 27 heavy (non-hydrogen) atoms. The molecule has 2 atom stereocenters. The monoisotopic (exact) mass is 372 g/mol. The molecule has 0 fully saturated rings. The second kappa shape index (κ2) is 8.28. The Morgan fingerprint density at radius 1 is 1.00 bits per heavy atom. The first kappa shape index (κ1) is 19.0. The van der Waals surface area contributed by atoms with E-state index in [1.807, 2.05) is 28.8 Å². The fourth-order valence-electron chi connectivity index (χ4n) is 2.93. The van der Waals surface area contributed by atoms with Crippen LogP contribution in [0.5, 0.6) is 17.2 Å². The third-order valence-electron chi connectivity index (χ3n) is 4.22. The molecule has 0 aliphatic heterocycles. The Bertz CT molecular complexity index is 884. The Balaban J connectivity index is 1.74. The van der Waals surface area contributed by atoms with E-state index < -0.39 is 12.2 Å². The predicted octanol–water partition coefficient (Wildman–Crippen LogP) is 2.55. The summed E-state index contributed by atoms with van der Waals surface area (Å²) in [5, 5.41) is 20.5.